The van der Waals surface area contributed by atoms with E-state index in [4.69, 9.17) is 11.6 Å². The molecule has 0 heterocycles. The number of hydrogen-bond acceptors (Lipinski definition) is 2. The summed E-state index contributed by atoms with van der Waals surface area (Å²) in [6.45, 7) is 4.54. The maximum Gasteiger partial charge on any atom is 0.0339 e. The number of hydrogen-bond donors (Lipinski definition) is 1. The van der Waals surface area contributed by atoms with Gasteiger partial charge in [-0.15, -0.1) is 11.6 Å². The zero-order valence-corrected chi connectivity index (χ0v) is 9.96. The van der Waals surface area contributed by atoms with Gasteiger partial charge in [-0.3, -0.25) is 0 Å². The Morgan fingerprint density at radius 2 is 2.31 bits per heavy atom. The number of nitrogens with one attached hydrogen (secondary N) is 1. The van der Waals surface area contributed by atoms with Gasteiger partial charge in [-0.1, -0.05) is 6.92 Å². The molecule has 1 aliphatic carbocycles. The van der Waals surface area contributed by atoms with E-state index in [9.17, 15) is 0 Å². The Bertz CT molecular complexity index is 132. The van der Waals surface area contributed by atoms with E-state index in [1.54, 1.807) is 0 Å². The highest BCUT2D eigenvalue weighted by molar-refractivity contribution is 7.99. The summed E-state index contributed by atoms with van der Waals surface area (Å²) in [6.07, 6.45) is 3.76. The van der Waals surface area contributed by atoms with Crippen LogP contribution in [0.1, 0.15) is 26.2 Å². The number of rotatable bonds is 6. The van der Waals surface area contributed by atoms with Gasteiger partial charge in [-0.05, 0) is 37.5 Å². The monoisotopic (exact) mass is 221 g/mol. The lowest BCUT2D eigenvalue weighted by atomic mass is 10.1. The normalized spacial score (nSPS) is 28.2. The van der Waals surface area contributed by atoms with Gasteiger partial charge >= 0.3 is 0 Å². The lowest BCUT2D eigenvalue weighted by Gasteiger charge is -2.09. The van der Waals surface area contributed by atoms with Gasteiger partial charge < -0.3 is 5.32 Å². The van der Waals surface area contributed by atoms with Gasteiger partial charge in [0.05, 0.1) is 0 Å². The van der Waals surface area contributed by atoms with Crippen molar-refractivity contribution in [1.82, 2.24) is 5.32 Å². The molecule has 1 rings (SSSR count). The van der Waals surface area contributed by atoms with Crippen LogP contribution in [0, 0.1) is 5.92 Å². The predicted molar refractivity (Wildman–Crippen MR) is 62.9 cm³/mol. The zero-order valence-electron chi connectivity index (χ0n) is 8.39. The smallest absolute Gasteiger partial charge is 0.0339 e. The van der Waals surface area contributed by atoms with Crippen molar-refractivity contribution in [2.75, 3.05) is 24.6 Å². The van der Waals surface area contributed by atoms with E-state index in [-0.39, 0.29) is 0 Å². The van der Waals surface area contributed by atoms with Crippen LogP contribution in [0.4, 0.5) is 0 Å². The van der Waals surface area contributed by atoms with Gasteiger partial charge in [0.1, 0.15) is 0 Å². The van der Waals surface area contributed by atoms with Crippen molar-refractivity contribution < 1.29 is 0 Å². The second-order valence-electron chi connectivity index (χ2n) is 3.68. The van der Waals surface area contributed by atoms with E-state index in [0.29, 0.717) is 5.38 Å². The van der Waals surface area contributed by atoms with Crippen LogP contribution in [0.2, 0.25) is 0 Å². The van der Waals surface area contributed by atoms with Crippen LogP contribution in [0.25, 0.3) is 0 Å². The summed E-state index contributed by atoms with van der Waals surface area (Å²) in [7, 11) is 0. The third kappa shape index (κ3) is 5.14. The number of thioether (sulfide) groups is 1. The van der Waals surface area contributed by atoms with Crippen molar-refractivity contribution in [3.8, 4) is 0 Å². The minimum absolute atomic E-state index is 0.455. The molecule has 1 fully saturated rings. The van der Waals surface area contributed by atoms with Gasteiger partial charge in [0.25, 0.3) is 0 Å². The fraction of sp³-hybridized carbons (Fsp3) is 1.00. The molecule has 2 unspecified atom stereocenters. The van der Waals surface area contributed by atoms with Gasteiger partial charge in [0.2, 0.25) is 0 Å². The first kappa shape index (κ1) is 11.7. The van der Waals surface area contributed by atoms with Crippen molar-refractivity contribution in [2.24, 2.45) is 5.92 Å². The highest BCUT2D eigenvalue weighted by Gasteiger charge is 2.21. The third-order valence-corrected chi connectivity index (χ3v) is 3.83. The van der Waals surface area contributed by atoms with Crippen molar-refractivity contribution >= 4 is 23.4 Å². The first-order valence-electron chi connectivity index (χ1n) is 5.25. The van der Waals surface area contributed by atoms with Crippen molar-refractivity contribution in [3.63, 3.8) is 0 Å². The third-order valence-electron chi connectivity index (χ3n) is 2.54. The molecule has 0 amide bonds. The van der Waals surface area contributed by atoms with Gasteiger partial charge in [0, 0.05) is 17.7 Å². The molecule has 1 saturated carbocycles. The molecule has 1 nitrogen and oxygen atoms in total. The standard InChI is InChI=1S/C10H20ClNS/c1-2-13-6-5-12-8-9-3-4-10(11)7-9/h9-10,12H,2-8H2,1H3. The molecule has 0 bridgehead atoms. The van der Waals surface area contributed by atoms with E-state index in [1.165, 1.54) is 37.3 Å². The average Bonchev–Trinajstić information content (AvgIpc) is 2.51. The van der Waals surface area contributed by atoms with Crippen LogP contribution in [-0.2, 0) is 0 Å². The van der Waals surface area contributed by atoms with Gasteiger partial charge in [-0.2, -0.15) is 11.8 Å². The Morgan fingerprint density at radius 3 is 2.92 bits per heavy atom. The molecule has 0 saturated heterocycles. The highest BCUT2D eigenvalue weighted by Crippen LogP contribution is 2.28. The summed E-state index contributed by atoms with van der Waals surface area (Å²) in [4.78, 5) is 0. The summed E-state index contributed by atoms with van der Waals surface area (Å²) in [5, 5.41) is 3.96. The zero-order chi connectivity index (χ0) is 9.52. The van der Waals surface area contributed by atoms with Crippen molar-refractivity contribution in [3.05, 3.63) is 0 Å². The van der Waals surface area contributed by atoms with Crippen molar-refractivity contribution in [1.29, 1.82) is 0 Å². The molecule has 3 heteroatoms. The first-order valence-corrected chi connectivity index (χ1v) is 6.84. The number of alkyl halides is 1. The van der Waals surface area contributed by atoms with Gasteiger partial charge in [0.15, 0.2) is 0 Å². The Hall–Kier alpha value is 0.600. The van der Waals surface area contributed by atoms with E-state index in [0.717, 1.165) is 12.5 Å². The Labute approximate surface area is 91.0 Å². The molecule has 0 aromatic heterocycles. The molecule has 13 heavy (non-hydrogen) atoms. The van der Waals surface area contributed by atoms with Crippen LogP contribution in [0.5, 0.6) is 0 Å². The molecule has 0 aromatic carbocycles. The molecular weight excluding hydrogens is 202 g/mol. The molecule has 2 atom stereocenters. The fourth-order valence-corrected chi connectivity index (χ4v) is 2.75. The molecule has 0 spiro atoms. The maximum atomic E-state index is 6.04. The molecule has 0 radical (unpaired) electrons. The average molecular weight is 222 g/mol. The Balaban J connectivity index is 1.88. The first-order chi connectivity index (χ1) is 6.33. The summed E-state index contributed by atoms with van der Waals surface area (Å²) in [5.74, 6) is 3.32. The van der Waals surface area contributed by atoms with E-state index < -0.39 is 0 Å². The van der Waals surface area contributed by atoms with Crippen LogP contribution in [0.15, 0.2) is 0 Å². The molecule has 1 aliphatic rings. The summed E-state index contributed by atoms with van der Waals surface area (Å²) < 4.78 is 0. The van der Waals surface area contributed by atoms with Crippen LogP contribution in [0.3, 0.4) is 0 Å². The lowest BCUT2D eigenvalue weighted by molar-refractivity contribution is 0.500. The SMILES string of the molecule is CCSCCNCC1CCC(Cl)C1. The lowest BCUT2D eigenvalue weighted by Crippen LogP contribution is -2.23. The fourth-order valence-electron chi connectivity index (χ4n) is 1.79. The summed E-state index contributed by atoms with van der Waals surface area (Å²) in [6, 6.07) is 0. The Morgan fingerprint density at radius 1 is 1.46 bits per heavy atom. The second kappa shape index (κ2) is 6.97. The molecule has 1 N–H and O–H groups in total. The quantitative estimate of drug-likeness (QED) is 0.547. The van der Waals surface area contributed by atoms with E-state index in [2.05, 4.69) is 12.2 Å². The highest BCUT2D eigenvalue weighted by atomic mass is 35.5. The maximum absolute atomic E-state index is 6.04. The van der Waals surface area contributed by atoms with E-state index in [1.807, 2.05) is 11.8 Å². The molecule has 0 aliphatic heterocycles. The number of halogens is 1. The van der Waals surface area contributed by atoms with Crippen LogP contribution in [-0.4, -0.2) is 30.0 Å². The predicted octanol–water partition coefficient (Wildman–Crippen LogP) is 2.74. The molecule has 78 valence electrons. The molecule has 0 aromatic rings. The van der Waals surface area contributed by atoms with Gasteiger partial charge in [-0.25, -0.2) is 0 Å². The minimum atomic E-state index is 0.455. The van der Waals surface area contributed by atoms with Crippen LogP contribution < -0.4 is 5.32 Å². The Kier molecular flexibility index (Phi) is 6.26. The second-order valence-corrected chi connectivity index (χ2v) is 5.69. The van der Waals surface area contributed by atoms with Crippen LogP contribution >= 0.6 is 23.4 Å². The summed E-state index contributed by atoms with van der Waals surface area (Å²) >= 11 is 8.04. The topological polar surface area (TPSA) is 12.0 Å². The molecular formula is C10H20ClNS. The van der Waals surface area contributed by atoms with E-state index >= 15 is 0 Å². The van der Waals surface area contributed by atoms with Crippen molar-refractivity contribution in [2.45, 2.75) is 31.6 Å². The minimum Gasteiger partial charge on any atom is -0.316 e. The largest absolute Gasteiger partial charge is 0.316 e. The summed E-state index contributed by atoms with van der Waals surface area (Å²) in [5.41, 5.74) is 0.